The maximum absolute atomic E-state index is 12.7. The summed E-state index contributed by atoms with van der Waals surface area (Å²) in [4.78, 5) is 17.3. The highest BCUT2D eigenvalue weighted by molar-refractivity contribution is 7.14. The van der Waals surface area contributed by atoms with E-state index in [1.165, 1.54) is 11.3 Å². The van der Waals surface area contributed by atoms with Gasteiger partial charge in [-0.15, -0.1) is 11.3 Å². The quantitative estimate of drug-likeness (QED) is 0.631. The topological polar surface area (TPSA) is 56.1 Å². The number of nitrogens with one attached hydrogen (secondary N) is 1. The number of amides is 1. The Balaban J connectivity index is 1.71. The molecule has 0 bridgehead atoms. The van der Waals surface area contributed by atoms with Gasteiger partial charge >= 0.3 is 0 Å². The molecule has 2 heterocycles. The van der Waals surface area contributed by atoms with E-state index in [-0.39, 0.29) is 12.0 Å². The van der Waals surface area contributed by atoms with Crippen molar-refractivity contribution < 1.29 is 9.53 Å². The third-order valence-corrected chi connectivity index (χ3v) is 4.89. The minimum atomic E-state index is -0.499. The largest absolute Gasteiger partial charge is 0.367 e. The molecule has 142 valence electrons. The van der Waals surface area contributed by atoms with Gasteiger partial charge in [-0.25, -0.2) is 4.98 Å². The zero-order valence-electron chi connectivity index (χ0n) is 16.1. The lowest BCUT2D eigenvalue weighted by molar-refractivity contribution is -0.0623. The number of carbonyl (C=O) groups excluding carboxylic acids is 1. The summed E-state index contributed by atoms with van der Waals surface area (Å²) in [7, 11) is 0. The fraction of sp³-hybridized carbons (Fsp3) is 0.333. The molecule has 0 aliphatic heterocycles. The summed E-state index contributed by atoms with van der Waals surface area (Å²) in [6.45, 7) is 8.61. The molecule has 6 heteroatoms. The number of hydrogen-bond acceptors (Lipinski definition) is 4. The molecule has 0 radical (unpaired) electrons. The molecule has 3 aromatic rings. The summed E-state index contributed by atoms with van der Waals surface area (Å²) in [5, 5.41) is 5.41. The van der Waals surface area contributed by atoms with Crippen molar-refractivity contribution in [2.75, 3.05) is 5.32 Å². The Bertz CT molecular complexity index is 897. The summed E-state index contributed by atoms with van der Waals surface area (Å²) < 4.78 is 7.86. The van der Waals surface area contributed by atoms with E-state index in [0.717, 1.165) is 11.3 Å². The van der Waals surface area contributed by atoms with Gasteiger partial charge in [0.15, 0.2) is 5.13 Å². The van der Waals surface area contributed by atoms with Crippen molar-refractivity contribution in [1.82, 2.24) is 9.55 Å². The van der Waals surface area contributed by atoms with E-state index in [1.807, 2.05) is 86.3 Å². The Morgan fingerprint density at radius 2 is 1.96 bits per heavy atom. The van der Waals surface area contributed by atoms with Crippen LogP contribution in [0, 0.1) is 0 Å². The lowest BCUT2D eigenvalue weighted by Gasteiger charge is -2.25. The molecule has 0 spiro atoms. The Morgan fingerprint density at radius 3 is 2.67 bits per heavy atom. The average molecular weight is 384 g/mol. The van der Waals surface area contributed by atoms with E-state index in [4.69, 9.17) is 4.74 Å². The highest BCUT2D eigenvalue weighted by Crippen LogP contribution is 2.29. The fourth-order valence-electron chi connectivity index (χ4n) is 2.96. The van der Waals surface area contributed by atoms with Gasteiger partial charge in [-0.1, -0.05) is 30.3 Å². The lowest BCUT2D eigenvalue weighted by Crippen LogP contribution is -2.26. The molecule has 27 heavy (non-hydrogen) atoms. The van der Waals surface area contributed by atoms with Crippen LogP contribution in [0.4, 0.5) is 5.13 Å². The van der Waals surface area contributed by atoms with Crippen molar-refractivity contribution in [2.24, 2.45) is 0 Å². The zero-order chi connectivity index (χ0) is 19.4. The molecule has 0 saturated heterocycles. The van der Waals surface area contributed by atoms with Crippen molar-refractivity contribution in [1.29, 1.82) is 0 Å². The minimum Gasteiger partial charge on any atom is -0.367 e. The van der Waals surface area contributed by atoms with Crippen molar-refractivity contribution in [3.63, 3.8) is 0 Å². The molecular weight excluding hydrogens is 358 g/mol. The van der Waals surface area contributed by atoms with Crippen LogP contribution in [0.5, 0.6) is 0 Å². The SMILES string of the molecule is CC(C)OC(C)(C)c1csc(NC(=O)c2cccn2Cc2ccccc2)n1. The van der Waals surface area contributed by atoms with Gasteiger partial charge in [-0.05, 0) is 45.4 Å². The van der Waals surface area contributed by atoms with Gasteiger partial charge in [0.1, 0.15) is 11.3 Å². The smallest absolute Gasteiger partial charge is 0.274 e. The maximum atomic E-state index is 12.7. The highest BCUT2D eigenvalue weighted by atomic mass is 32.1. The lowest BCUT2D eigenvalue weighted by atomic mass is 10.1. The number of anilines is 1. The van der Waals surface area contributed by atoms with Crippen LogP contribution in [0.1, 0.15) is 49.4 Å². The fourth-order valence-corrected chi connectivity index (χ4v) is 3.82. The van der Waals surface area contributed by atoms with Crippen molar-refractivity contribution >= 4 is 22.4 Å². The molecule has 1 amide bonds. The number of hydrogen-bond donors (Lipinski definition) is 1. The van der Waals surface area contributed by atoms with Crippen molar-refractivity contribution in [3.8, 4) is 0 Å². The van der Waals surface area contributed by atoms with Crippen LogP contribution in [0.3, 0.4) is 0 Å². The summed E-state index contributed by atoms with van der Waals surface area (Å²) >= 11 is 1.41. The van der Waals surface area contributed by atoms with Crippen LogP contribution in [0.25, 0.3) is 0 Å². The second kappa shape index (κ2) is 8.06. The van der Waals surface area contributed by atoms with Gasteiger partial charge in [0.2, 0.25) is 0 Å². The highest BCUT2D eigenvalue weighted by Gasteiger charge is 2.26. The van der Waals surface area contributed by atoms with E-state index < -0.39 is 5.60 Å². The molecule has 0 saturated carbocycles. The average Bonchev–Trinajstić information content (AvgIpc) is 3.24. The van der Waals surface area contributed by atoms with Crippen molar-refractivity contribution in [2.45, 2.75) is 45.9 Å². The van der Waals surface area contributed by atoms with Crippen LogP contribution < -0.4 is 5.32 Å². The molecule has 2 aromatic heterocycles. The minimum absolute atomic E-state index is 0.0982. The Kier molecular flexibility index (Phi) is 5.77. The first kappa shape index (κ1) is 19.3. The Morgan fingerprint density at radius 1 is 1.22 bits per heavy atom. The summed E-state index contributed by atoms with van der Waals surface area (Å²) in [5.74, 6) is -0.167. The van der Waals surface area contributed by atoms with Crippen LogP contribution in [-0.2, 0) is 16.9 Å². The van der Waals surface area contributed by atoms with Crippen molar-refractivity contribution in [3.05, 3.63) is 71.0 Å². The van der Waals surface area contributed by atoms with Crippen LogP contribution in [-0.4, -0.2) is 21.6 Å². The number of carbonyl (C=O) groups is 1. The molecule has 5 nitrogen and oxygen atoms in total. The van der Waals surface area contributed by atoms with Gasteiger partial charge < -0.3 is 9.30 Å². The maximum Gasteiger partial charge on any atom is 0.274 e. The van der Waals surface area contributed by atoms with Crippen LogP contribution >= 0.6 is 11.3 Å². The second-order valence-electron chi connectivity index (χ2n) is 7.18. The summed E-state index contributed by atoms with van der Waals surface area (Å²) in [6.07, 6.45) is 2.01. The number of rotatable bonds is 7. The zero-order valence-corrected chi connectivity index (χ0v) is 16.9. The second-order valence-corrected chi connectivity index (χ2v) is 8.03. The third-order valence-electron chi connectivity index (χ3n) is 4.13. The number of thiazole rings is 1. The molecule has 0 aliphatic rings. The molecule has 1 aromatic carbocycles. The summed E-state index contributed by atoms with van der Waals surface area (Å²) in [6, 6.07) is 13.8. The van der Waals surface area contributed by atoms with E-state index in [1.54, 1.807) is 0 Å². The van der Waals surface area contributed by atoms with E-state index in [0.29, 0.717) is 17.4 Å². The molecule has 3 rings (SSSR count). The Labute approximate surface area is 164 Å². The first-order valence-corrected chi connectivity index (χ1v) is 9.87. The van der Waals surface area contributed by atoms with Crippen LogP contribution in [0.2, 0.25) is 0 Å². The van der Waals surface area contributed by atoms with Gasteiger partial charge in [0.25, 0.3) is 5.91 Å². The third kappa shape index (κ3) is 4.84. The van der Waals surface area contributed by atoms with Gasteiger partial charge in [0.05, 0.1) is 11.8 Å². The van der Waals surface area contributed by atoms with E-state index >= 15 is 0 Å². The van der Waals surface area contributed by atoms with E-state index in [2.05, 4.69) is 10.3 Å². The first-order valence-electron chi connectivity index (χ1n) is 8.99. The molecule has 1 N–H and O–H groups in total. The number of nitrogens with zero attached hydrogens (tertiary/aromatic N) is 2. The molecule has 0 aliphatic carbocycles. The van der Waals surface area contributed by atoms with E-state index in [9.17, 15) is 4.79 Å². The molecule has 0 fully saturated rings. The van der Waals surface area contributed by atoms with Gasteiger partial charge in [-0.3, -0.25) is 10.1 Å². The predicted molar refractivity (Wildman–Crippen MR) is 109 cm³/mol. The Hall–Kier alpha value is -2.44. The number of benzene rings is 1. The van der Waals surface area contributed by atoms with Gasteiger partial charge in [-0.2, -0.15) is 0 Å². The number of ether oxygens (including phenoxy) is 1. The molecule has 0 atom stereocenters. The molecule has 0 unspecified atom stereocenters. The summed E-state index contributed by atoms with van der Waals surface area (Å²) in [5.41, 5.74) is 2.07. The monoisotopic (exact) mass is 383 g/mol. The normalized spacial score (nSPS) is 11.7. The standard InChI is InChI=1S/C21H25N3O2S/c1-15(2)26-21(3,4)18-14-27-20(22-18)23-19(25)17-11-8-12-24(17)13-16-9-6-5-7-10-16/h5-12,14-15H,13H2,1-4H3,(H,22,23,25). The van der Waals surface area contributed by atoms with Crippen LogP contribution in [0.15, 0.2) is 54.0 Å². The predicted octanol–water partition coefficient (Wildman–Crippen LogP) is 4.91. The number of aromatic nitrogens is 2. The first-order chi connectivity index (χ1) is 12.8. The molecular formula is C21H25N3O2S. The van der Waals surface area contributed by atoms with Gasteiger partial charge in [0, 0.05) is 18.1 Å².